The van der Waals surface area contributed by atoms with Crippen molar-refractivity contribution in [2.24, 2.45) is 0 Å². The maximum absolute atomic E-state index is 12.1. The number of halogens is 3. The monoisotopic (exact) mass is 288 g/mol. The van der Waals surface area contributed by atoms with Crippen LogP contribution in [0.15, 0.2) is 6.20 Å². The molecule has 7 heteroatoms. The topological polar surface area (TPSA) is 55.1 Å². The zero-order valence-corrected chi connectivity index (χ0v) is 7.70. The van der Waals surface area contributed by atoms with Gasteiger partial charge in [-0.3, -0.25) is 0 Å². The molecule has 1 aromatic rings. The van der Waals surface area contributed by atoms with Crippen LogP contribution in [0.25, 0.3) is 0 Å². The van der Waals surface area contributed by atoms with Crippen LogP contribution in [0.4, 0.5) is 8.78 Å². The first-order valence-corrected chi connectivity index (χ1v) is 3.76. The second-order valence-electron chi connectivity index (χ2n) is 1.92. The standard InChI is InChI=1S/C5H3F2IN2O2/c6-4(7)3-2(5(11)12)1-10(8)9-3/h1,4H,(H,11,12). The summed E-state index contributed by atoms with van der Waals surface area (Å²) in [6, 6.07) is 0. The molecular weight excluding hydrogens is 285 g/mol. The van der Waals surface area contributed by atoms with Gasteiger partial charge in [0.2, 0.25) is 0 Å². The highest BCUT2D eigenvalue weighted by molar-refractivity contribution is 14.1. The lowest BCUT2D eigenvalue weighted by atomic mass is 10.2. The molecule has 4 nitrogen and oxygen atoms in total. The lowest BCUT2D eigenvalue weighted by molar-refractivity contribution is 0.0684. The Hall–Kier alpha value is -0.730. The van der Waals surface area contributed by atoms with Gasteiger partial charge in [0.05, 0.1) is 29.1 Å². The Kier molecular flexibility index (Phi) is 2.60. The Labute approximate surface area is 79.7 Å². The van der Waals surface area contributed by atoms with E-state index in [4.69, 9.17) is 5.11 Å². The van der Waals surface area contributed by atoms with Crippen molar-refractivity contribution in [1.82, 2.24) is 7.99 Å². The van der Waals surface area contributed by atoms with Gasteiger partial charge in [-0.1, -0.05) is 0 Å². The van der Waals surface area contributed by atoms with Crippen molar-refractivity contribution in [1.29, 1.82) is 0 Å². The van der Waals surface area contributed by atoms with E-state index in [2.05, 4.69) is 5.10 Å². The average Bonchev–Trinajstić information content (AvgIpc) is 2.31. The molecule has 0 amide bonds. The summed E-state index contributed by atoms with van der Waals surface area (Å²) in [6.07, 6.45) is -1.82. The van der Waals surface area contributed by atoms with Crippen LogP contribution >= 0.6 is 22.9 Å². The fourth-order valence-corrected chi connectivity index (χ4v) is 1.20. The summed E-state index contributed by atoms with van der Waals surface area (Å²) in [6.45, 7) is 0. The number of nitrogens with zero attached hydrogens (tertiary/aromatic N) is 2. The summed E-state index contributed by atoms with van der Waals surface area (Å²) >= 11 is 1.60. The molecule has 0 fully saturated rings. The molecule has 0 aromatic carbocycles. The van der Waals surface area contributed by atoms with Crippen molar-refractivity contribution in [3.63, 3.8) is 0 Å². The summed E-state index contributed by atoms with van der Waals surface area (Å²) in [5.74, 6) is -1.40. The molecule has 0 bridgehead atoms. The fraction of sp³-hybridized carbons (Fsp3) is 0.200. The second kappa shape index (κ2) is 3.33. The smallest absolute Gasteiger partial charge is 0.339 e. The number of rotatable bonds is 2. The van der Waals surface area contributed by atoms with E-state index in [1.165, 1.54) is 0 Å². The molecule has 0 aliphatic rings. The number of carboxylic acids is 1. The molecule has 1 heterocycles. The fourth-order valence-electron chi connectivity index (χ4n) is 0.684. The molecule has 0 saturated heterocycles. The van der Waals surface area contributed by atoms with E-state index in [9.17, 15) is 13.6 Å². The number of aromatic carboxylic acids is 1. The molecule has 0 radical (unpaired) electrons. The average molecular weight is 288 g/mol. The highest BCUT2D eigenvalue weighted by atomic mass is 127. The van der Waals surface area contributed by atoms with Crippen LogP contribution in [0.3, 0.4) is 0 Å². The van der Waals surface area contributed by atoms with E-state index >= 15 is 0 Å². The molecule has 1 N–H and O–H groups in total. The van der Waals surface area contributed by atoms with Crippen molar-refractivity contribution in [2.75, 3.05) is 0 Å². The van der Waals surface area contributed by atoms with Crippen LogP contribution in [-0.2, 0) is 0 Å². The number of carbonyl (C=O) groups is 1. The summed E-state index contributed by atoms with van der Waals surface area (Å²) < 4.78 is 25.1. The van der Waals surface area contributed by atoms with Gasteiger partial charge in [0.1, 0.15) is 11.3 Å². The molecule has 0 aliphatic carbocycles. The molecule has 0 atom stereocenters. The van der Waals surface area contributed by atoms with E-state index in [1.807, 2.05) is 0 Å². The molecule has 0 saturated carbocycles. The molecule has 66 valence electrons. The first kappa shape index (κ1) is 9.36. The number of alkyl halides is 2. The number of hydrogen-bond acceptors (Lipinski definition) is 2. The van der Waals surface area contributed by atoms with Gasteiger partial charge in [0.25, 0.3) is 6.43 Å². The third-order valence-corrected chi connectivity index (χ3v) is 1.65. The molecule has 1 rings (SSSR count). The van der Waals surface area contributed by atoms with E-state index in [0.29, 0.717) is 0 Å². The van der Waals surface area contributed by atoms with Gasteiger partial charge < -0.3 is 5.11 Å². The molecular formula is C5H3F2IN2O2. The number of carboxylic acid groups (broad SMARTS) is 1. The van der Waals surface area contributed by atoms with Gasteiger partial charge in [-0.15, -0.1) is 0 Å². The highest BCUT2D eigenvalue weighted by Crippen LogP contribution is 2.21. The van der Waals surface area contributed by atoms with Gasteiger partial charge in [0, 0.05) is 0 Å². The lowest BCUT2D eigenvalue weighted by Gasteiger charge is -1.93. The summed E-state index contributed by atoms with van der Waals surface area (Å²) in [5, 5.41) is 11.7. The van der Waals surface area contributed by atoms with Crippen molar-refractivity contribution >= 4 is 28.8 Å². The number of hydrogen-bond donors (Lipinski definition) is 1. The largest absolute Gasteiger partial charge is 0.478 e. The van der Waals surface area contributed by atoms with E-state index in [-0.39, 0.29) is 0 Å². The van der Waals surface area contributed by atoms with Gasteiger partial charge in [-0.25, -0.2) is 16.5 Å². The predicted molar refractivity (Wildman–Crippen MR) is 43.6 cm³/mol. The van der Waals surface area contributed by atoms with Gasteiger partial charge in [0.15, 0.2) is 0 Å². The van der Waals surface area contributed by atoms with Crippen LogP contribution in [0.1, 0.15) is 22.5 Å². The zero-order valence-electron chi connectivity index (χ0n) is 5.54. The van der Waals surface area contributed by atoms with Crippen molar-refractivity contribution in [3.8, 4) is 0 Å². The van der Waals surface area contributed by atoms with Crippen LogP contribution in [0.2, 0.25) is 0 Å². The van der Waals surface area contributed by atoms with Crippen molar-refractivity contribution in [3.05, 3.63) is 17.5 Å². The minimum absolute atomic E-state index is 0.459. The Balaban J connectivity index is 3.17. The SMILES string of the molecule is O=C(O)c1cn(I)nc1C(F)F. The Morgan fingerprint density at radius 2 is 2.33 bits per heavy atom. The summed E-state index contributed by atoms with van der Waals surface area (Å²) in [5.41, 5.74) is -1.16. The molecule has 0 spiro atoms. The lowest BCUT2D eigenvalue weighted by Crippen LogP contribution is -1.99. The van der Waals surface area contributed by atoms with Gasteiger partial charge in [-0.2, -0.15) is 5.10 Å². The maximum atomic E-state index is 12.1. The molecule has 0 unspecified atom stereocenters. The van der Waals surface area contributed by atoms with Crippen LogP contribution in [0.5, 0.6) is 0 Å². The highest BCUT2D eigenvalue weighted by Gasteiger charge is 2.22. The second-order valence-corrected chi connectivity index (χ2v) is 2.91. The Morgan fingerprint density at radius 3 is 2.67 bits per heavy atom. The Bertz CT molecular complexity index is 312. The minimum atomic E-state index is -2.85. The van der Waals surface area contributed by atoms with Crippen molar-refractivity contribution < 1.29 is 18.7 Å². The zero-order chi connectivity index (χ0) is 9.30. The number of aromatic nitrogens is 2. The van der Waals surface area contributed by atoms with Gasteiger partial charge >= 0.3 is 5.97 Å². The van der Waals surface area contributed by atoms with Gasteiger partial charge in [-0.05, 0) is 0 Å². The quantitative estimate of drug-likeness (QED) is 0.843. The predicted octanol–water partition coefficient (Wildman–Crippen LogP) is 1.72. The minimum Gasteiger partial charge on any atom is -0.478 e. The molecule has 1 aromatic heterocycles. The third-order valence-electron chi connectivity index (χ3n) is 1.15. The van der Waals surface area contributed by atoms with Crippen LogP contribution in [0, 0.1) is 0 Å². The molecule has 12 heavy (non-hydrogen) atoms. The van der Waals surface area contributed by atoms with Crippen LogP contribution in [-0.4, -0.2) is 19.1 Å². The van der Waals surface area contributed by atoms with Crippen molar-refractivity contribution in [2.45, 2.75) is 6.43 Å². The molecule has 0 aliphatic heterocycles. The van der Waals surface area contributed by atoms with E-state index in [0.717, 1.165) is 9.09 Å². The summed E-state index contributed by atoms with van der Waals surface area (Å²) in [7, 11) is 0. The van der Waals surface area contributed by atoms with E-state index in [1.54, 1.807) is 22.9 Å². The first-order chi connectivity index (χ1) is 5.52. The normalized spacial score (nSPS) is 10.7. The first-order valence-electron chi connectivity index (χ1n) is 2.79. The third kappa shape index (κ3) is 1.71. The maximum Gasteiger partial charge on any atom is 0.339 e. The Morgan fingerprint density at radius 1 is 1.75 bits per heavy atom. The van der Waals surface area contributed by atoms with Crippen LogP contribution < -0.4 is 0 Å². The summed E-state index contributed by atoms with van der Waals surface area (Å²) in [4.78, 5) is 10.3. The van der Waals surface area contributed by atoms with E-state index < -0.39 is 23.7 Å².